The van der Waals surface area contributed by atoms with Gasteiger partial charge in [0.25, 0.3) is 0 Å². The van der Waals surface area contributed by atoms with Gasteiger partial charge < -0.3 is 15.0 Å². The van der Waals surface area contributed by atoms with E-state index in [2.05, 4.69) is 21.3 Å². The molecule has 4 heteroatoms. The van der Waals surface area contributed by atoms with Gasteiger partial charge >= 0.3 is 0 Å². The zero-order valence-corrected chi connectivity index (χ0v) is 11.1. The summed E-state index contributed by atoms with van der Waals surface area (Å²) in [5.74, 6) is 0. The number of aromatic nitrogens is 1. The highest BCUT2D eigenvalue weighted by Gasteiger charge is 2.17. The van der Waals surface area contributed by atoms with Gasteiger partial charge in [-0.3, -0.25) is 4.98 Å². The van der Waals surface area contributed by atoms with Crippen molar-refractivity contribution in [1.82, 2.24) is 15.2 Å². The van der Waals surface area contributed by atoms with Gasteiger partial charge in [-0.1, -0.05) is 6.07 Å². The SMILES string of the molecule is COC1CCN(CCNCc2cccnc2)CC1. The van der Waals surface area contributed by atoms with Gasteiger partial charge in [0.2, 0.25) is 0 Å². The fraction of sp³-hybridized carbons (Fsp3) is 0.643. The van der Waals surface area contributed by atoms with Crippen molar-refractivity contribution in [2.24, 2.45) is 0 Å². The highest BCUT2D eigenvalue weighted by molar-refractivity contribution is 5.07. The van der Waals surface area contributed by atoms with E-state index in [1.54, 1.807) is 0 Å². The highest BCUT2D eigenvalue weighted by atomic mass is 16.5. The monoisotopic (exact) mass is 249 g/mol. The average Bonchev–Trinajstić information content (AvgIpc) is 2.45. The van der Waals surface area contributed by atoms with Gasteiger partial charge in [0, 0.05) is 52.2 Å². The molecule has 0 saturated carbocycles. The number of ether oxygens (including phenoxy) is 1. The maximum absolute atomic E-state index is 5.37. The van der Waals surface area contributed by atoms with Gasteiger partial charge in [-0.2, -0.15) is 0 Å². The van der Waals surface area contributed by atoms with Crippen molar-refractivity contribution in [2.75, 3.05) is 33.3 Å². The van der Waals surface area contributed by atoms with E-state index in [-0.39, 0.29) is 0 Å². The second-order valence-corrected chi connectivity index (χ2v) is 4.81. The van der Waals surface area contributed by atoms with Crippen molar-refractivity contribution in [3.8, 4) is 0 Å². The third-order valence-corrected chi connectivity index (χ3v) is 3.52. The van der Waals surface area contributed by atoms with Crippen LogP contribution >= 0.6 is 0 Å². The Labute approximate surface area is 109 Å². The first-order valence-corrected chi connectivity index (χ1v) is 6.73. The molecular weight excluding hydrogens is 226 g/mol. The lowest BCUT2D eigenvalue weighted by atomic mass is 10.1. The predicted octanol–water partition coefficient (Wildman–Crippen LogP) is 1.28. The summed E-state index contributed by atoms with van der Waals surface area (Å²) in [6.45, 7) is 5.38. The third kappa shape index (κ3) is 4.37. The molecule has 1 aromatic heterocycles. The number of rotatable bonds is 6. The molecule has 0 bridgehead atoms. The van der Waals surface area contributed by atoms with Crippen LogP contribution in [0.25, 0.3) is 0 Å². The van der Waals surface area contributed by atoms with Crippen molar-refractivity contribution in [3.05, 3.63) is 30.1 Å². The minimum atomic E-state index is 0.476. The van der Waals surface area contributed by atoms with E-state index in [1.165, 1.54) is 18.4 Å². The van der Waals surface area contributed by atoms with Gasteiger partial charge in [-0.25, -0.2) is 0 Å². The molecule has 0 aromatic carbocycles. The Morgan fingerprint density at radius 3 is 2.94 bits per heavy atom. The maximum Gasteiger partial charge on any atom is 0.0595 e. The Balaban J connectivity index is 1.56. The molecule has 0 unspecified atom stereocenters. The standard InChI is InChI=1S/C14H23N3O/c1-18-14-4-8-17(9-5-14)10-7-16-12-13-3-2-6-15-11-13/h2-3,6,11,14,16H,4-5,7-10,12H2,1H3. The Morgan fingerprint density at radius 2 is 2.28 bits per heavy atom. The van der Waals surface area contributed by atoms with Crippen molar-refractivity contribution in [2.45, 2.75) is 25.5 Å². The molecule has 18 heavy (non-hydrogen) atoms. The van der Waals surface area contributed by atoms with Crippen molar-refractivity contribution < 1.29 is 4.74 Å². The summed E-state index contributed by atoms with van der Waals surface area (Å²) in [6, 6.07) is 4.08. The van der Waals surface area contributed by atoms with Crippen LogP contribution in [0.1, 0.15) is 18.4 Å². The minimum absolute atomic E-state index is 0.476. The van der Waals surface area contributed by atoms with E-state index >= 15 is 0 Å². The lowest BCUT2D eigenvalue weighted by molar-refractivity contribution is 0.0414. The maximum atomic E-state index is 5.37. The van der Waals surface area contributed by atoms with Crippen LogP contribution in [-0.2, 0) is 11.3 Å². The molecule has 1 fully saturated rings. The number of hydrogen-bond acceptors (Lipinski definition) is 4. The summed E-state index contributed by atoms with van der Waals surface area (Å²) in [5.41, 5.74) is 1.25. The average molecular weight is 249 g/mol. The minimum Gasteiger partial charge on any atom is -0.381 e. The van der Waals surface area contributed by atoms with Crippen LogP contribution in [-0.4, -0.2) is 49.3 Å². The van der Waals surface area contributed by atoms with Gasteiger partial charge in [-0.15, -0.1) is 0 Å². The number of pyridine rings is 1. The predicted molar refractivity (Wildman–Crippen MR) is 72.4 cm³/mol. The van der Waals surface area contributed by atoms with Crippen molar-refractivity contribution >= 4 is 0 Å². The smallest absolute Gasteiger partial charge is 0.0595 e. The largest absolute Gasteiger partial charge is 0.381 e. The van der Waals surface area contributed by atoms with Crippen LogP contribution in [0.3, 0.4) is 0 Å². The molecule has 1 N–H and O–H groups in total. The van der Waals surface area contributed by atoms with E-state index in [0.29, 0.717) is 6.10 Å². The van der Waals surface area contributed by atoms with Crippen LogP contribution in [0.5, 0.6) is 0 Å². The van der Waals surface area contributed by atoms with Crippen LogP contribution in [0, 0.1) is 0 Å². The Morgan fingerprint density at radius 1 is 1.44 bits per heavy atom. The molecule has 1 saturated heterocycles. The number of nitrogens with one attached hydrogen (secondary N) is 1. The molecule has 0 atom stereocenters. The van der Waals surface area contributed by atoms with E-state index in [4.69, 9.17) is 4.74 Å². The Kier molecular flexibility index (Phi) is 5.58. The summed E-state index contributed by atoms with van der Waals surface area (Å²) in [5, 5.41) is 3.46. The Bertz CT molecular complexity index is 323. The summed E-state index contributed by atoms with van der Waals surface area (Å²) in [6.07, 6.45) is 6.53. The zero-order chi connectivity index (χ0) is 12.6. The van der Waals surface area contributed by atoms with Gasteiger partial charge in [0.05, 0.1) is 6.10 Å². The first-order chi connectivity index (χ1) is 8.88. The molecular formula is C14H23N3O. The molecule has 0 radical (unpaired) electrons. The molecule has 2 heterocycles. The quantitative estimate of drug-likeness (QED) is 0.771. The molecule has 0 spiro atoms. The van der Waals surface area contributed by atoms with Crippen LogP contribution in [0.15, 0.2) is 24.5 Å². The van der Waals surface area contributed by atoms with Gasteiger partial charge in [-0.05, 0) is 24.5 Å². The Hall–Kier alpha value is -0.970. The fourth-order valence-corrected chi connectivity index (χ4v) is 2.34. The number of nitrogens with zero attached hydrogens (tertiary/aromatic N) is 2. The van der Waals surface area contributed by atoms with Crippen molar-refractivity contribution in [1.29, 1.82) is 0 Å². The molecule has 100 valence electrons. The lowest BCUT2D eigenvalue weighted by Gasteiger charge is -2.31. The normalized spacial score (nSPS) is 18.1. The first-order valence-electron chi connectivity index (χ1n) is 6.73. The van der Waals surface area contributed by atoms with Crippen LogP contribution in [0.2, 0.25) is 0 Å². The second kappa shape index (κ2) is 7.46. The van der Waals surface area contributed by atoms with E-state index in [1.807, 2.05) is 25.6 Å². The topological polar surface area (TPSA) is 37.4 Å². The molecule has 1 aromatic rings. The van der Waals surface area contributed by atoms with Crippen LogP contribution < -0.4 is 5.32 Å². The summed E-state index contributed by atoms with van der Waals surface area (Å²) >= 11 is 0. The van der Waals surface area contributed by atoms with E-state index in [9.17, 15) is 0 Å². The third-order valence-electron chi connectivity index (χ3n) is 3.52. The van der Waals surface area contributed by atoms with Crippen LogP contribution in [0.4, 0.5) is 0 Å². The van der Waals surface area contributed by atoms with Gasteiger partial charge in [0.15, 0.2) is 0 Å². The molecule has 1 aliphatic heterocycles. The molecule has 0 amide bonds. The van der Waals surface area contributed by atoms with Gasteiger partial charge in [0.1, 0.15) is 0 Å². The zero-order valence-electron chi connectivity index (χ0n) is 11.1. The number of likely N-dealkylation sites (tertiary alicyclic amines) is 1. The van der Waals surface area contributed by atoms with E-state index < -0.39 is 0 Å². The molecule has 0 aliphatic carbocycles. The second-order valence-electron chi connectivity index (χ2n) is 4.81. The lowest BCUT2D eigenvalue weighted by Crippen LogP contribution is -2.40. The molecule has 1 aliphatic rings. The number of hydrogen-bond donors (Lipinski definition) is 1. The number of piperidine rings is 1. The van der Waals surface area contributed by atoms with Crippen molar-refractivity contribution in [3.63, 3.8) is 0 Å². The number of methoxy groups -OCH3 is 1. The summed E-state index contributed by atoms with van der Waals surface area (Å²) < 4.78 is 5.37. The fourth-order valence-electron chi connectivity index (χ4n) is 2.34. The summed E-state index contributed by atoms with van der Waals surface area (Å²) in [4.78, 5) is 6.61. The molecule has 2 rings (SSSR count). The van der Waals surface area contributed by atoms with E-state index in [0.717, 1.165) is 32.7 Å². The highest BCUT2D eigenvalue weighted by Crippen LogP contribution is 2.11. The first kappa shape index (κ1) is 13.5. The molecule has 4 nitrogen and oxygen atoms in total. The summed E-state index contributed by atoms with van der Waals surface area (Å²) in [7, 11) is 1.82.